The molecule has 4 nitrogen and oxygen atoms in total. The molecule has 1 fully saturated rings. The Bertz CT molecular complexity index is 739. The van der Waals surface area contributed by atoms with Gasteiger partial charge in [0.05, 0.1) is 7.11 Å². The Morgan fingerprint density at radius 2 is 1.81 bits per heavy atom. The number of methoxy groups -OCH3 is 1. The third-order valence-corrected chi connectivity index (χ3v) is 6.20. The van der Waals surface area contributed by atoms with Crippen LogP contribution in [0.15, 0.2) is 53.4 Å². The van der Waals surface area contributed by atoms with Gasteiger partial charge in [0.2, 0.25) is 0 Å². The number of nitrogens with zero attached hydrogens (tertiary/aromatic N) is 1. The second-order valence-corrected chi connectivity index (χ2v) is 7.96. The van der Waals surface area contributed by atoms with Crippen molar-refractivity contribution in [1.82, 2.24) is 4.90 Å². The molecule has 0 bridgehead atoms. The van der Waals surface area contributed by atoms with E-state index in [1.165, 1.54) is 4.90 Å². The number of likely N-dealkylation sites (tertiary alicyclic amines) is 1. The van der Waals surface area contributed by atoms with E-state index < -0.39 is 0 Å². The van der Waals surface area contributed by atoms with E-state index in [0.29, 0.717) is 5.92 Å². The molecular weight excluding hydrogens is 358 g/mol. The number of para-hydroxylation sites is 1. The van der Waals surface area contributed by atoms with Gasteiger partial charge in [-0.15, -0.1) is 11.8 Å². The van der Waals surface area contributed by atoms with E-state index in [9.17, 15) is 4.79 Å². The van der Waals surface area contributed by atoms with E-state index in [1.54, 1.807) is 7.11 Å². The Morgan fingerprint density at radius 3 is 2.48 bits per heavy atom. The molecular formula is C22H27NO3S. The smallest absolute Gasteiger partial charge is 0.260 e. The largest absolute Gasteiger partial charge is 0.497 e. The van der Waals surface area contributed by atoms with Crippen molar-refractivity contribution >= 4 is 17.7 Å². The Hall–Kier alpha value is -2.14. The molecule has 1 aliphatic rings. The van der Waals surface area contributed by atoms with Crippen molar-refractivity contribution in [2.75, 3.05) is 32.6 Å². The van der Waals surface area contributed by atoms with Gasteiger partial charge in [-0.05, 0) is 61.6 Å². The molecule has 0 unspecified atom stereocenters. The number of benzene rings is 2. The molecule has 1 saturated heterocycles. The summed E-state index contributed by atoms with van der Waals surface area (Å²) in [7, 11) is 1.68. The zero-order valence-electron chi connectivity index (χ0n) is 16.0. The van der Waals surface area contributed by atoms with Gasteiger partial charge in [-0.3, -0.25) is 4.79 Å². The highest BCUT2D eigenvalue weighted by atomic mass is 32.2. The Kier molecular flexibility index (Phi) is 7.04. The van der Waals surface area contributed by atoms with Gasteiger partial charge in [-0.2, -0.15) is 0 Å². The van der Waals surface area contributed by atoms with Crippen LogP contribution in [0.5, 0.6) is 11.5 Å². The summed E-state index contributed by atoms with van der Waals surface area (Å²) in [6.07, 6.45) is 2.11. The summed E-state index contributed by atoms with van der Waals surface area (Å²) >= 11 is 1.88. The number of hydrogen-bond donors (Lipinski definition) is 0. The van der Waals surface area contributed by atoms with Gasteiger partial charge in [0.1, 0.15) is 11.5 Å². The zero-order chi connectivity index (χ0) is 19.1. The average molecular weight is 386 g/mol. The van der Waals surface area contributed by atoms with Crippen LogP contribution in [-0.2, 0) is 4.79 Å². The SMILES string of the molecule is COc1ccc(SCC2CCN(C(=O)COc3ccccc3C)CC2)cc1. The van der Waals surface area contributed by atoms with Crippen LogP contribution < -0.4 is 9.47 Å². The number of carbonyl (C=O) groups excluding carboxylic acids is 1. The molecule has 1 aliphatic heterocycles. The van der Waals surface area contributed by atoms with Crippen molar-refractivity contribution in [2.24, 2.45) is 5.92 Å². The monoisotopic (exact) mass is 385 g/mol. The molecule has 27 heavy (non-hydrogen) atoms. The highest BCUT2D eigenvalue weighted by Gasteiger charge is 2.23. The highest BCUT2D eigenvalue weighted by Crippen LogP contribution is 2.28. The summed E-state index contributed by atoms with van der Waals surface area (Å²) in [6.45, 7) is 3.76. The maximum absolute atomic E-state index is 12.4. The van der Waals surface area contributed by atoms with Gasteiger partial charge in [-0.1, -0.05) is 18.2 Å². The summed E-state index contributed by atoms with van der Waals surface area (Å²) in [5, 5.41) is 0. The second kappa shape index (κ2) is 9.70. The molecule has 0 aromatic heterocycles. The molecule has 0 aliphatic carbocycles. The molecule has 0 radical (unpaired) electrons. The van der Waals surface area contributed by atoms with Gasteiger partial charge in [0, 0.05) is 23.7 Å². The van der Waals surface area contributed by atoms with Crippen molar-refractivity contribution in [3.8, 4) is 11.5 Å². The first kappa shape index (κ1) is 19.6. The first-order valence-electron chi connectivity index (χ1n) is 9.39. The van der Waals surface area contributed by atoms with E-state index in [0.717, 1.165) is 48.7 Å². The molecule has 1 heterocycles. The van der Waals surface area contributed by atoms with Gasteiger partial charge >= 0.3 is 0 Å². The third-order valence-electron chi connectivity index (χ3n) is 4.96. The minimum absolute atomic E-state index is 0.0829. The van der Waals surface area contributed by atoms with Crippen LogP contribution in [0.3, 0.4) is 0 Å². The fraction of sp³-hybridized carbons (Fsp3) is 0.409. The number of ether oxygens (including phenoxy) is 2. The Morgan fingerprint density at radius 1 is 1.11 bits per heavy atom. The lowest BCUT2D eigenvalue weighted by atomic mass is 9.99. The second-order valence-electron chi connectivity index (χ2n) is 6.86. The summed E-state index contributed by atoms with van der Waals surface area (Å²) < 4.78 is 10.9. The zero-order valence-corrected chi connectivity index (χ0v) is 16.8. The molecule has 0 spiro atoms. The number of carbonyl (C=O) groups is 1. The lowest BCUT2D eigenvalue weighted by molar-refractivity contribution is -0.134. The molecule has 5 heteroatoms. The van der Waals surface area contributed by atoms with Crippen LogP contribution in [0, 0.1) is 12.8 Å². The first-order chi connectivity index (χ1) is 13.2. The molecule has 0 saturated carbocycles. The van der Waals surface area contributed by atoms with E-state index in [2.05, 4.69) is 12.1 Å². The molecule has 0 N–H and O–H groups in total. The number of aryl methyl sites for hydroxylation is 1. The molecule has 3 rings (SSSR count). The van der Waals surface area contributed by atoms with Gasteiger partial charge < -0.3 is 14.4 Å². The molecule has 1 amide bonds. The minimum atomic E-state index is 0.0829. The van der Waals surface area contributed by atoms with Gasteiger partial charge in [-0.25, -0.2) is 0 Å². The van der Waals surface area contributed by atoms with E-state index >= 15 is 0 Å². The van der Waals surface area contributed by atoms with Crippen molar-refractivity contribution in [1.29, 1.82) is 0 Å². The number of hydrogen-bond acceptors (Lipinski definition) is 4. The van der Waals surface area contributed by atoms with E-state index in [1.807, 2.05) is 60.0 Å². The van der Waals surface area contributed by atoms with Crippen LogP contribution in [-0.4, -0.2) is 43.4 Å². The maximum Gasteiger partial charge on any atom is 0.260 e. The van der Waals surface area contributed by atoms with Crippen LogP contribution in [0.2, 0.25) is 0 Å². The Labute approximate surface area is 165 Å². The lowest BCUT2D eigenvalue weighted by Gasteiger charge is -2.31. The average Bonchev–Trinajstić information content (AvgIpc) is 2.72. The summed E-state index contributed by atoms with van der Waals surface area (Å²) in [6, 6.07) is 16.0. The standard InChI is InChI=1S/C22H27NO3S/c1-17-5-3-4-6-21(17)26-15-22(24)23-13-11-18(12-14-23)16-27-20-9-7-19(25-2)8-10-20/h3-10,18H,11-16H2,1-2H3. The molecule has 144 valence electrons. The van der Waals surface area contributed by atoms with E-state index in [4.69, 9.17) is 9.47 Å². The minimum Gasteiger partial charge on any atom is -0.497 e. The van der Waals surface area contributed by atoms with Crippen molar-refractivity contribution in [3.05, 3.63) is 54.1 Å². The first-order valence-corrected chi connectivity index (χ1v) is 10.4. The van der Waals surface area contributed by atoms with Crippen LogP contribution >= 0.6 is 11.8 Å². The number of amides is 1. The number of rotatable bonds is 7. The van der Waals surface area contributed by atoms with Crippen molar-refractivity contribution < 1.29 is 14.3 Å². The predicted molar refractivity (Wildman–Crippen MR) is 110 cm³/mol. The van der Waals surface area contributed by atoms with Crippen LogP contribution in [0.25, 0.3) is 0 Å². The van der Waals surface area contributed by atoms with Crippen molar-refractivity contribution in [3.63, 3.8) is 0 Å². The van der Waals surface area contributed by atoms with E-state index in [-0.39, 0.29) is 12.5 Å². The predicted octanol–water partition coefficient (Wildman–Crippen LogP) is 4.41. The topological polar surface area (TPSA) is 38.8 Å². The maximum atomic E-state index is 12.4. The lowest BCUT2D eigenvalue weighted by Crippen LogP contribution is -2.41. The molecule has 2 aromatic carbocycles. The fourth-order valence-electron chi connectivity index (χ4n) is 3.18. The summed E-state index contributed by atoms with van der Waals surface area (Å²) in [5.74, 6) is 3.50. The van der Waals surface area contributed by atoms with Crippen LogP contribution in [0.4, 0.5) is 0 Å². The third kappa shape index (κ3) is 5.67. The summed E-state index contributed by atoms with van der Waals surface area (Å²) in [5.41, 5.74) is 1.06. The van der Waals surface area contributed by atoms with Gasteiger partial charge in [0.25, 0.3) is 5.91 Å². The summed E-state index contributed by atoms with van der Waals surface area (Å²) in [4.78, 5) is 15.6. The van der Waals surface area contributed by atoms with Crippen molar-refractivity contribution in [2.45, 2.75) is 24.7 Å². The quantitative estimate of drug-likeness (QED) is 0.662. The number of piperidine rings is 1. The van der Waals surface area contributed by atoms with Gasteiger partial charge in [0.15, 0.2) is 6.61 Å². The highest BCUT2D eigenvalue weighted by molar-refractivity contribution is 7.99. The molecule has 2 aromatic rings. The molecule has 0 atom stereocenters. The fourth-order valence-corrected chi connectivity index (χ4v) is 4.27. The number of thioether (sulfide) groups is 1. The Balaban J connectivity index is 1.39. The van der Waals surface area contributed by atoms with Crippen LogP contribution in [0.1, 0.15) is 18.4 Å². The normalized spacial score (nSPS) is 14.8.